The van der Waals surface area contributed by atoms with Gasteiger partial charge in [0.1, 0.15) is 5.75 Å². The summed E-state index contributed by atoms with van der Waals surface area (Å²) in [4.78, 5) is 33.1. The average Bonchev–Trinajstić information content (AvgIpc) is 3.57. The van der Waals surface area contributed by atoms with Crippen molar-refractivity contribution in [2.45, 2.75) is 19.9 Å². The molecule has 41 heavy (non-hydrogen) atoms. The van der Waals surface area contributed by atoms with E-state index in [0.29, 0.717) is 55.0 Å². The third-order valence-electron chi connectivity index (χ3n) is 6.64. The summed E-state index contributed by atoms with van der Waals surface area (Å²) in [6, 6.07) is 19.2. The second-order valence-corrected chi connectivity index (χ2v) is 10.6. The molecule has 0 N–H and O–H groups in total. The smallest absolute Gasteiger partial charge is 0.338 e. The Labute approximate surface area is 244 Å². The summed E-state index contributed by atoms with van der Waals surface area (Å²) in [7, 11) is 0. The zero-order valence-corrected chi connectivity index (χ0v) is 23.8. The molecule has 10 heteroatoms. The Morgan fingerprint density at radius 1 is 1.07 bits per heavy atom. The SMILES string of the molecule is CCOC(=O)C1=C(c2ccccc2)N=c2s/c(=C\c3cc(Cl)ccc3OCC)c(=O)n2[C@H]1c1ccc2c(c1)OCO2. The van der Waals surface area contributed by atoms with Crippen molar-refractivity contribution in [2.75, 3.05) is 20.0 Å². The molecule has 0 fully saturated rings. The molecule has 208 valence electrons. The van der Waals surface area contributed by atoms with Crippen molar-refractivity contribution in [1.29, 1.82) is 0 Å². The molecular formula is C31H25ClN2O6S. The minimum absolute atomic E-state index is 0.0964. The lowest BCUT2D eigenvalue weighted by atomic mass is 9.93. The molecule has 3 aromatic carbocycles. The summed E-state index contributed by atoms with van der Waals surface area (Å²) in [6.45, 7) is 4.35. The molecule has 1 atom stereocenters. The monoisotopic (exact) mass is 588 g/mol. The lowest BCUT2D eigenvalue weighted by Gasteiger charge is -2.26. The Kier molecular flexibility index (Phi) is 7.38. The van der Waals surface area contributed by atoms with Crippen LogP contribution < -0.4 is 29.1 Å². The Morgan fingerprint density at radius 3 is 2.66 bits per heavy atom. The van der Waals surface area contributed by atoms with E-state index in [0.717, 1.165) is 5.56 Å². The van der Waals surface area contributed by atoms with Gasteiger partial charge < -0.3 is 18.9 Å². The van der Waals surface area contributed by atoms with Crippen LogP contribution in [0.5, 0.6) is 17.2 Å². The number of fused-ring (bicyclic) bond motifs is 2. The van der Waals surface area contributed by atoms with Gasteiger partial charge >= 0.3 is 5.97 Å². The Hall–Kier alpha value is -4.34. The van der Waals surface area contributed by atoms with Gasteiger partial charge in [-0.15, -0.1) is 0 Å². The van der Waals surface area contributed by atoms with Crippen LogP contribution >= 0.6 is 22.9 Å². The van der Waals surface area contributed by atoms with Crippen molar-refractivity contribution in [3.05, 3.63) is 114 Å². The van der Waals surface area contributed by atoms with Crippen molar-refractivity contribution >= 4 is 40.7 Å². The fourth-order valence-electron chi connectivity index (χ4n) is 4.90. The molecule has 4 aromatic rings. The van der Waals surface area contributed by atoms with Crippen LogP contribution in [-0.4, -0.2) is 30.5 Å². The average molecular weight is 589 g/mol. The largest absolute Gasteiger partial charge is 0.493 e. The quantitative estimate of drug-likeness (QED) is 0.290. The molecule has 0 spiro atoms. The molecule has 0 saturated carbocycles. The Morgan fingerprint density at radius 2 is 1.88 bits per heavy atom. The van der Waals surface area contributed by atoms with E-state index < -0.39 is 12.0 Å². The van der Waals surface area contributed by atoms with Crippen LogP contribution in [0, 0.1) is 0 Å². The van der Waals surface area contributed by atoms with Gasteiger partial charge in [0.15, 0.2) is 16.3 Å². The van der Waals surface area contributed by atoms with E-state index in [1.165, 1.54) is 15.9 Å². The van der Waals surface area contributed by atoms with Gasteiger partial charge in [-0.05, 0) is 55.8 Å². The number of esters is 1. The lowest BCUT2D eigenvalue weighted by Crippen LogP contribution is -2.40. The summed E-state index contributed by atoms with van der Waals surface area (Å²) in [5, 5.41) is 0.515. The molecule has 0 aliphatic carbocycles. The van der Waals surface area contributed by atoms with Gasteiger partial charge in [0, 0.05) is 16.1 Å². The van der Waals surface area contributed by atoms with Gasteiger partial charge in [0.25, 0.3) is 5.56 Å². The van der Waals surface area contributed by atoms with Crippen LogP contribution in [0.3, 0.4) is 0 Å². The molecule has 0 radical (unpaired) electrons. The first kappa shape index (κ1) is 26.9. The zero-order chi connectivity index (χ0) is 28.5. The van der Waals surface area contributed by atoms with Gasteiger partial charge in [-0.1, -0.05) is 59.3 Å². The van der Waals surface area contributed by atoms with Crippen molar-refractivity contribution in [3.8, 4) is 17.2 Å². The number of aromatic nitrogens is 1. The minimum atomic E-state index is -0.831. The summed E-state index contributed by atoms with van der Waals surface area (Å²) >= 11 is 7.52. The van der Waals surface area contributed by atoms with E-state index in [4.69, 9.17) is 35.5 Å². The zero-order valence-electron chi connectivity index (χ0n) is 22.3. The van der Waals surface area contributed by atoms with Gasteiger partial charge in [0.05, 0.1) is 35.1 Å². The van der Waals surface area contributed by atoms with Crippen molar-refractivity contribution in [3.63, 3.8) is 0 Å². The second kappa shape index (κ2) is 11.3. The van der Waals surface area contributed by atoms with Gasteiger partial charge in [0.2, 0.25) is 6.79 Å². The van der Waals surface area contributed by atoms with Crippen LogP contribution in [0.25, 0.3) is 11.8 Å². The maximum absolute atomic E-state index is 14.1. The van der Waals surface area contributed by atoms with Crippen LogP contribution in [0.4, 0.5) is 0 Å². The van der Waals surface area contributed by atoms with Crippen LogP contribution in [0.1, 0.15) is 36.6 Å². The van der Waals surface area contributed by atoms with E-state index in [1.807, 2.05) is 43.3 Å². The first-order valence-corrected chi connectivity index (χ1v) is 14.3. The molecule has 8 nitrogen and oxygen atoms in total. The number of hydrogen-bond acceptors (Lipinski definition) is 8. The maximum atomic E-state index is 14.1. The van der Waals surface area contributed by atoms with Crippen LogP contribution in [0.2, 0.25) is 5.02 Å². The fourth-order valence-corrected chi connectivity index (χ4v) is 6.07. The first-order chi connectivity index (χ1) is 20.0. The molecule has 3 heterocycles. The van der Waals surface area contributed by atoms with E-state index in [-0.39, 0.29) is 24.5 Å². The van der Waals surface area contributed by atoms with E-state index in [9.17, 15) is 9.59 Å². The van der Waals surface area contributed by atoms with Gasteiger partial charge in [-0.2, -0.15) is 0 Å². The molecule has 2 aliphatic heterocycles. The summed E-state index contributed by atoms with van der Waals surface area (Å²) < 4.78 is 24.4. The predicted octanol–water partition coefficient (Wildman–Crippen LogP) is 4.72. The molecule has 1 aromatic heterocycles. The van der Waals surface area contributed by atoms with E-state index in [2.05, 4.69) is 0 Å². The fraction of sp³-hybridized carbons (Fsp3) is 0.194. The number of thiazole rings is 1. The number of hydrogen-bond donors (Lipinski definition) is 0. The highest BCUT2D eigenvalue weighted by molar-refractivity contribution is 7.07. The van der Waals surface area contributed by atoms with E-state index in [1.54, 1.807) is 43.3 Å². The summed E-state index contributed by atoms with van der Waals surface area (Å²) in [5.74, 6) is 1.18. The molecule has 6 rings (SSSR count). The number of carbonyl (C=O) groups is 1. The van der Waals surface area contributed by atoms with Crippen LogP contribution in [-0.2, 0) is 9.53 Å². The highest BCUT2D eigenvalue weighted by Crippen LogP contribution is 2.40. The standard InChI is InChI=1S/C31H25ClN2O6S/c1-3-37-22-13-11-21(32)14-20(22)16-25-29(35)34-28(19-10-12-23-24(15-19)40-17-39-23)26(30(36)38-4-2)27(33-31(34)41-25)18-8-6-5-7-9-18/h5-16,28H,3-4,17H2,1-2H3/b25-16-/t28-/m0/s1. The number of carbonyl (C=O) groups excluding carboxylic acids is 1. The molecular weight excluding hydrogens is 564 g/mol. The molecule has 2 aliphatic rings. The Balaban J connectivity index is 1.64. The summed E-state index contributed by atoms with van der Waals surface area (Å²) in [6.07, 6.45) is 1.74. The normalized spacial score (nSPS) is 15.9. The van der Waals surface area contributed by atoms with Gasteiger partial charge in [-0.3, -0.25) is 9.36 Å². The van der Waals surface area contributed by atoms with Crippen molar-refractivity contribution < 1.29 is 23.7 Å². The van der Waals surface area contributed by atoms with Gasteiger partial charge in [-0.25, -0.2) is 9.79 Å². The van der Waals surface area contributed by atoms with E-state index >= 15 is 0 Å². The predicted molar refractivity (Wildman–Crippen MR) is 156 cm³/mol. The lowest BCUT2D eigenvalue weighted by molar-refractivity contribution is -0.138. The number of benzene rings is 3. The Bertz CT molecular complexity index is 1860. The minimum Gasteiger partial charge on any atom is -0.493 e. The number of nitrogens with zero attached hydrogens (tertiary/aromatic N) is 2. The van der Waals surface area contributed by atoms with Crippen molar-refractivity contribution in [1.82, 2.24) is 4.57 Å². The third-order valence-corrected chi connectivity index (χ3v) is 7.86. The summed E-state index contributed by atoms with van der Waals surface area (Å²) in [5.41, 5.74) is 2.44. The highest BCUT2D eigenvalue weighted by Gasteiger charge is 2.36. The topological polar surface area (TPSA) is 88.4 Å². The molecule has 0 saturated heterocycles. The third kappa shape index (κ3) is 5.03. The molecule has 0 amide bonds. The number of rotatable bonds is 7. The maximum Gasteiger partial charge on any atom is 0.338 e. The van der Waals surface area contributed by atoms with Crippen molar-refractivity contribution in [2.24, 2.45) is 4.99 Å². The molecule has 0 unspecified atom stereocenters. The van der Waals surface area contributed by atoms with Crippen LogP contribution in [0.15, 0.2) is 82.1 Å². The molecule has 0 bridgehead atoms. The number of ether oxygens (including phenoxy) is 4. The first-order valence-electron chi connectivity index (χ1n) is 13.1. The number of halogens is 1. The highest BCUT2D eigenvalue weighted by atomic mass is 35.5. The second-order valence-electron chi connectivity index (χ2n) is 9.16.